The molecule has 0 aliphatic rings. The van der Waals surface area contributed by atoms with Crippen molar-refractivity contribution in [2.75, 3.05) is 20.3 Å². The van der Waals surface area contributed by atoms with Crippen molar-refractivity contribution < 1.29 is 14.3 Å². The molecule has 4 aromatic rings. The van der Waals surface area contributed by atoms with E-state index in [0.29, 0.717) is 24.5 Å². The Morgan fingerprint density at radius 2 is 1.69 bits per heavy atom. The molecule has 1 aromatic heterocycles. The Labute approximate surface area is 213 Å². The van der Waals surface area contributed by atoms with E-state index in [4.69, 9.17) is 14.5 Å². The molecule has 1 N–H and O–H groups in total. The van der Waals surface area contributed by atoms with Gasteiger partial charge in [0, 0.05) is 13.0 Å². The Bertz CT molecular complexity index is 1290. The molecule has 1 amide bonds. The number of fused-ring (bicyclic) bond motifs is 1. The summed E-state index contributed by atoms with van der Waals surface area (Å²) in [6, 6.07) is 21.9. The van der Waals surface area contributed by atoms with E-state index >= 15 is 0 Å². The average Bonchev–Trinajstić information content (AvgIpc) is 3.22. The van der Waals surface area contributed by atoms with Gasteiger partial charge in [0.1, 0.15) is 23.9 Å². The SMILES string of the molecule is COc1ccccc1C(=O)NCCCCCc1nc2ccccc2n1CCOc1cc(C)cc(C)c1. The highest BCUT2D eigenvalue weighted by molar-refractivity contribution is 5.96. The summed E-state index contributed by atoms with van der Waals surface area (Å²) in [5, 5.41) is 3.00. The van der Waals surface area contributed by atoms with Crippen molar-refractivity contribution in [3.05, 3.63) is 89.2 Å². The Morgan fingerprint density at radius 1 is 0.944 bits per heavy atom. The van der Waals surface area contributed by atoms with Crippen LogP contribution >= 0.6 is 0 Å². The van der Waals surface area contributed by atoms with Crippen molar-refractivity contribution in [3.8, 4) is 11.5 Å². The van der Waals surface area contributed by atoms with E-state index in [1.807, 2.05) is 18.2 Å². The molecule has 6 heteroatoms. The number of unbranched alkanes of at least 4 members (excludes halogenated alkanes) is 2. The van der Waals surface area contributed by atoms with Crippen molar-refractivity contribution in [3.63, 3.8) is 0 Å². The fourth-order valence-electron chi connectivity index (χ4n) is 4.55. The zero-order valence-corrected chi connectivity index (χ0v) is 21.4. The highest BCUT2D eigenvalue weighted by Gasteiger charge is 2.12. The van der Waals surface area contributed by atoms with Crippen molar-refractivity contribution in [2.24, 2.45) is 0 Å². The first-order valence-corrected chi connectivity index (χ1v) is 12.6. The van der Waals surface area contributed by atoms with Gasteiger partial charge in [0.2, 0.25) is 0 Å². The van der Waals surface area contributed by atoms with Gasteiger partial charge < -0.3 is 19.4 Å². The molecule has 0 aliphatic carbocycles. The van der Waals surface area contributed by atoms with E-state index in [1.54, 1.807) is 19.2 Å². The number of ether oxygens (including phenoxy) is 2. The molecule has 0 saturated heterocycles. The lowest BCUT2D eigenvalue weighted by Crippen LogP contribution is -2.24. The number of hydrogen-bond acceptors (Lipinski definition) is 4. The first-order chi connectivity index (χ1) is 17.5. The number of amides is 1. The number of aryl methyl sites for hydroxylation is 3. The van der Waals surface area contributed by atoms with Gasteiger partial charge in [-0.15, -0.1) is 0 Å². The largest absolute Gasteiger partial charge is 0.496 e. The van der Waals surface area contributed by atoms with Crippen LogP contribution in [0, 0.1) is 13.8 Å². The number of benzene rings is 3. The number of para-hydroxylation sites is 3. The maximum Gasteiger partial charge on any atom is 0.255 e. The molecule has 0 aliphatic heterocycles. The van der Waals surface area contributed by atoms with Gasteiger partial charge >= 0.3 is 0 Å². The second kappa shape index (κ2) is 12.2. The summed E-state index contributed by atoms with van der Waals surface area (Å²) < 4.78 is 13.6. The van der Waals surface area contributed by atoms with Gasteiger partial charge in [-0.25, -0.2) is 4.98 Å². The highest BCUT2D eigenvalue weighted by atomic mass is 16.5. The third-order valence-electron chi connectivity index (χ3n) is 6.23. The fraction of sp³-hybridized carbons (Fsp3) is 0.333. The second-order valence-electron chi connectivity index (χ2n) is 9.11. The molecule has 0 unspecified atom stereocenters. The number of nitrogens with one attached hydrogen (secondary N) is 1. The summed E-state index contributed by atoms with van der Waals surface area (Å²) in [5.74, 6) is 2.49. The fourth-order valence-corrected chi connectivity index (χ4v) is 4.55. The Hall–Kier alpha value is -3.80. The van der Waals surface area contributed by atoms with Gasteiger partial charge in [0.15, 0.2) is 0 Å². The lowest BCUT2D eigenvalue weighted by Gasteiger charge is -2.12. The number of hydrogen-bond donors (Lipinski definition) is 1. The smallest absolute Gasteiger partial charge is 0.255 e. The van der Waals surface area contributed by atoms with E-state index in [1.165, 1.54) is 11.1 Å². The van der Waals surface area contributed by atoms with Crippen LogP contribution in [0.4, 0.5) is 0 Å². The first kappa shape index (κ1) is 25.3. The summed E-state index contributed by atoms with van der Waals surface area (Å²) >= 11 is 0. The molecule has 36 heavy (non-hydrogen) atoms. The Morgan fingerprint density at radius 3 is 2.50 bits per heavy atom. The van der Waals surface area contributed by atoms with Crippen LogP contribution in [0.1, 0.15) is 46.6 Å². The minimum absolute atomic E-state index is 0.0990. The molecule has 6 nitrogen and oxygen atoms in total. The van der Waals surface area contributed by atoms with E-state index in [0.717, 1.165) is 54.8 Å². The minimum Gasteiger partial charge on any atom is -0.496 e. The number of carbonyl (C=O) groups excluding carboxylic acids is 1. The van der Waals surface area contributed by atoms with Gasteiger partial charge in [-0.05, 0) is 74.2 Å². The van der Waals surface area contributed by atoms with E-state index in [2.05, 4.69) is 60.1 Å². The van der Waals surface area contributed by atoms with Crippen LogP contribution in [0.5, 0.6) is 11.5 Å². The van der Waals surface area contributed by atoms with Crippen LogP contribution in [-0.2, 0) is 13.0 Å². The van der Waals surface area contributed by atoms with Crippen LogP contribution in [0.2, 0.25) is 0 Å². The van der Waals surface area contributed by atoms with E-state index in [-0.39, 0.29) is 5.91 Å². The molecule has 0 radical (unpaired) electrons. The number of imidazole rings is 1. The lowest BCUT2D eigenvalue weighted by molar-refractivity contribution is 0.0950. The van der Waals surface area contributed by atoms with Gasteiger partial charge in [0.25, 0.3) is 5.91 Å². The van der Waals surface area contributed by atoms with E-state index in [9.17, 15) is 4.79 Å². The summed E-state index contributed by atoms with van der Waals surface area (Å²) in [6.45, 7) is 6.15. The zero-order chi connectivity index (χ0) is 25.3. The van der Waals surface area contributed by atoms with Crippen LogP contribution in [0.25, 0.3) is 11.0 Å². The zero-order valence-electron chi connectivity index (χ0n) is 21.4. The first-order valence-electron chi connectivity index (χ1n) is 12.6. The molecule has 0 atom stereocenters. The molecule has 4 rings (SSSR count). The predicted molar refractivity (Wildman–Crippen MR) is 144 cm³/mol. The van der Waals surface area contributed by atoms with Crippen LogP contribution < -0.4 is 14.8 Å². The molecule has 3 aromatic carbocycles. The molecule has 0 spiro atoms. The second-order valence-corrected chi connectivity index (χ2v) is 9.11. The molecule has 0 fully saturated rings. The summed E-state index contributed by atoms with van der Waals surface area (Å²) in [4.78, 5) is 17.3. The van der Waals surface area contributed by atoms with Crippen LogP contribution in [-0.4, -0.2) is 35.7 Å². The molecular weight excluding hydrogens is 450 g/mol. The van der Waals surface area contributed by atoms with Crippen LogP contribution in [0.3, 0.4) is 0 Å². The lowest BCUT2D eigenvalue weighted by atomic mass is 10.1. The van der Waals surface area contributed by atoms with Crippen molar-refractivity contribution >= 4 is 16.9 Å². The Balaban J connectivity index is 1.28. The minimum atomic E-state index is -0.0990. The summed E-state index contributed by atoms with van der Waals surface area (Å²) in [6.07, 6.45) is 3.82. The molecule has 188 valence electrons. The number of carbonyl (C=O) groups is 1. The maximum absolute atomic E-state index is 12.4. The molecule has 0 bridgehead atoms. The standard InChI is InChI=1S/C30H35N3O3/c1-22-19-23(2)21-24(20-22)36-18-17-33-27-13-8-7-12-26(27)32-29(33)15-5-4-10-16-31-30(34)25-11-6-9-14-28(25)35-3/h6-9,11-14,19-21H,4-5,10,15-18H2,1-3H3,(H,31,34). The van der Waals surface area contributed by atoms with Gasteiger partial charge in [-0.3, -0.25) is 4.79 Å². The quantitative estimate of drug-likeness (QED) is 0.254. The Kier molecular flexibility index (Phi) is 8.61. The topological polar surface area (TPSA) is 65.4 Å². The summed E-state index contributed by atoms with van der Waals surface area (Å²) in [7, 11) is 1.58. The van der Waals surface area contributed by atoms with Crippen molar-refractivity contribution in [2.45, 2.75) is 46.1 Å². The monoisotopic (exact) mass is 485 g/mol. The third kappa shape index (κ3) is 6.45. The highest BCUT2D eigenvalue weighted by Crippen LogP contribution is 2.20. The maximum atomic E-state index is 12.4. The summed E-state index contributed by atoms with van der Waals surface area (Å²) in [5.41, 5.74) is 5.14. The van der Waals surface area contributed by atoms with E-state index < -0.39 is 0 Å². The van der Waals surface area contributed by atoms with Crippen molar-refractivity contribution in [1.29, 1.82) is 0 Å². The van der Waals surface area contributed by atoms with Crippen molar-refractivity contribution in [1.82, 2.24) is 14.9 Å². The van der Waals surface area contributed by atoms with Crippen LogP contribution in [0.15, 0.2) is 66.7 Å². The molecular formula is C30H35N3O3. The number of rotatable bonds is 12. The molecule has 1 heterocycles. The van der Waals surface area contributed by atoms with Gasteiger partial charge in [0.05, 0.1) is 30.3 Å². The number of aromatic nitrogens is 2. The van der Waals surface area contributed by atoms with Gasteiger partial charge in [-0.2, -0.15) is 0 Å². The predicted octanol–water partition coefficient (Wildman–Crippen LogP) is 5.88. The third-order valence-corrected chi connectivity index (χ3v) is 6.23. The van der Waals surface area contributed by atoms with Gasteiger partial charge in [-0.1, -0.05) is 36.8 Å². The normalized spacial score (nSPS) is 11.0. The number of nitrogens with zero attached hydrogens (tertiary/aromatic N) is 2. The number of methoxy groups -OCH3 is 1. The average molecular weight is 486 g/mol. The molecule has 0 saturated carbocycles.